The quantitative estimate of drug-likeness (QED) is 0.644. The molecule has 0 aliphatic heterocycles. The molecule has 0 saturated carbocycles. The van der Waals surface area contributed by atoms with E-state index in [1.807, 2.05) is 55.5 Å². The summed E-state index contributed by atoms with van der Waals surface area (Å²) in [7, 11) is 1.64. The van der Waals surface area contributed by atoms with Crippen LogP contribution in [0.2, 0.25) is 0 Å². The van der Waals surface area contributed by atoms with Crippen LogP contribution in [0.25, 0.3) is 0 Å². The summed E-state index contributed by atoms with van der Waals surface area (Å²) in [6, 6.07) is 15.5. The first kappa shape index (κ1) is 16.3. The third kappa shape index (κ3) is 3.83. The molecule has 6 heteroatoms. The Morgan fingerprint density at radius 2 is 1.88 bits per heavy atom. The molecule has 122 valence electrons. The third-order valence-corrected chi connectivity index (χ3v) is 4.31. The Bertz CT molecular complexity index is 854. The molecule has 0 unspecified atom stereocenters. The Morgan fingerprint density at radius 3 is 2.67 bits per heavy atom. The van der Waals surface area contributed by atoms with Crippen molar-refractivity contribution in [1.82, 2.24) is 9.97 Å². The Labute approximate surface area is 149 Å². The lowest BCUT2D eigenvalue weighted by atomic mass is 10.2. The first-order chi connectivity index (χ1) is 11.7. The molecule has 24 heavy (non-hydrogen) atoms. The SMILES string of the molecule is COc1ccccc1Nc1ccnc(Nc2ccc(C)c(Br)c2)n1. The number of anilines is 4. The molecule has 3 rings (SSSR count). The van der Waals surface area contributed by atoms with E-state index in [1.165, 1.54) is 5.56 Å². The summed E-state index contributed by atoms with van der Waals surface area (Å²) in [6.07, 6.45) is 1.70. The van der Waals surface area contributed by atoms with Gasteiger partial charge in [-0.3, -0.25) is 0 Å². The van der Waals surface area contributed by atoms with Crippen LogP contribution in [0.3, 0.4) is 0 Å². The molecular weight excluding hydrogens is 368 g/mol. The number of rotatable bonds is 5. The molecule has 0 radical (unpaired) electrons. The largest absolute Gasteiger partial charge is 0.495 e. The van der Waals surface area contributed by atoms with Crippen molar-refractivity contribution < 1.29 is 4.74 Å². The lowest BCUT2D eigenvalue weighted by molar-refractivity contribution is 0.417. The molecule has 2 N–H and O–H groups in total. The van der Waals surface area contributed by atoms with Crippen molar-refractivity contribution in [3.63, 3.8) is 0 Å². The predicted octanol–water partition coefficient (Wildman–Crippen LogP) is 5.04. The highest BCUT2D eigenvalue weighted by Crippen LogP contribution is 2.27. The molecule has 0 spiro atoms. The zero-order valence-corrected chi connectivity index (χ0v) is 15.0. The van der Waals surface area contributed by atoms with E-state index in [2.05, 4.69) is 36.5 Å². The van der Waals surface area contributed by atoms with Crippen LogP contribution < -0.4 is 15.4 Å². The van der Waals surface area contributed by atoms with Gasteiger partial charge >= 0.3 is 0 Å². The number of hydrogen-bond donors (Lipinski definition) is 2. The van der Waals surface area contributed by atoms with Crippen LogP contribution in [0.1, 0.15) is 5.56 Å². The molecule has 0 fully saturated rings. The number of halogens is 1. The number of para-hydroxylation sites is 2. The van der Waals surface area contributed by atoms with Gasteiger partial charge in [0, 0.05) is 16.4 Å². The predicted molar refractivity (Wildman–Crippen MR) is 100 cm³/mol. The van der Waals surface area contributed by atoms with E-state index in [0.717, 1.165) is 21.6 Å². The molecule has 0 bridgehead atoms. The number of hydrogen-bond acceptors (Lipinski definition) is 5. The van der Waals surface area contributed by atoms with Crippen LogP contribution >= 0.6 is 15.9 Å². The van der Waals surface area contributed by atoms with Gasteiger partial charge in [0.15, 0.2) is 0 Å². The van der Waals surface area contributed by atoms with Gasteiger partial charge in [0.2, 0.25) is 5.95 Å². The second-order valence-electron chi connectivity index (χ2n) is 5.18. The van der Waals surface area contributed by atoms with Crippen LogP contribution in [0.5, 0.6) is 5.75 Å². The Kier molecular flexibility index (Phi) is 4.96. The Balaban J connectivity index is 1.80. The highest BCUT2D eigenvalue weighted by molar-refractivity contribution is 9.10. The molecule has 0 aliphatic carbocycles. The van der Waals surface area contributed by atoms with Gasteiger partial charge in [-0.15, -0.1) is 0 Å². The van der Waals surface area contributed by atoms with Crippen molar-refractivity contribution in [1.29, 1.82) is 0 Å². The molecule has 0 amide bonds. The number of ether oxygens (including phenoxy) is 1. The van der Waals surface area contributed by atoms with E-state index in [4.69, 9.17) is 4.74 Å². The minimum absolute atomic E-state index is 0.519. The third-order valence-electron chi connectivity index (χ3n) is 3.45. The summed E-state index contributed by atoms with van der Waals surface area (Å²) >= 11 is 3.53. The maximum Gasteiger partial charge on any atom is 0.229 e. The fraction of sp³-hybridized carbons (Fsp3) is 0.111. The summed E-state index contributed by atoms with van der Waals surface area (Å²) in [5.74, 6) is 1.96. The van der Waals surface area contributed by atoms with Crippen LogP contribution in [0, 0.1) is 6.92 Å². The zero-order valence-electron chi connectivity index (χ0n) is 13.4. The Hall–Kier alpha value is -2.60. The lowest BCUT2D eigenvalue weighted by Gasteiger charge is -2.11. The van der Waals surface area contributed by atoms with Crippen molar-refractivity contribution >= 4 is 39.1 Å². The maximum absolute atomic E-state index is 5.34. The van der Waals surface area contributed by atoms with Gasteiger partial charge in [0.05, 0.1) is 12.8 Å². The van der Waals surface area contributed by atoms with E-state index in [-0.39, 0.29) is 0 Å². The minimum atomic E-state index is 0.519. The average molecular weight is 385 g/mol. The number of nitrogens with one attached hydrogen (secondary N) is 2. The number of methoxy groups -OCH3 is 1. The van der Waals surface area contributed by atoms with Crippen LogP contribution in [-0.2, 0) is 0 Å². The molecule has 3 aromatic rings. The topological polar surface area (TPSA) is 59.1 Å². The standard InChI is InChI=1S/C18H17BrN4O/c1-12-7-8-13(11-14(12)19)21-18-20-10-9-17(23-18)22-15-5-3-4-6-16(15)24-2/h3-11H,1-2H3,(H2,20,21,22,23). The lowest BCUT2D eigenvalue weighted by Crippen LogP contribution is -2.01. The van der Waals surface area contributed by atoms with Crippen molar-refractivity contribution in [2.24, 2.45) is 0 Å². The monoisotopic (exact) mass is 384 g/mol. The van der Waals surface area contributed by atoms with E-state index in [9.17, 15) is 0 Å². The number of aromatic nitrogens is 2. The summed E-state index contributed by atoms with van der Waals surface area (Å²) in [6.45, 7) is 2.04. The molecule has 2 aromatic carbocycles. The average Bonchev–Trinajstić information content (AvgIpc) is 2.59. The molecule has 0 aliphatic rings. The highest BCUT2D eigenvalue weighted by atomic mass is 79.9. The molecule has 1 heterocycles. The van der Waals surface area contributed by atoms with Crippen LogP contribution in [0.15, 0.2) is 59.2 Å². The van der Waals surface area contributed by atoms with Crippen molar-refractivity contribution in [3.05, 3.63) is 64.8 Å². The van der Waals surface area contributed by atoms with Gasteiger partial charge in [-0.25, -0.2) is 4.98 Å². The fourth-order valence-corrected chi connectivity index (χ4v) is 2.55. The smallest absolute Gasteiger partial charge is 0.229 e. The number of nitrogens with zero attached hydrogens (tertiary/aromatic N) is 2. The van der Waals surface area contributed by atoms with Crippen molar-refractivity contribution in [2.45, 2.75) is 6.92 Å². The van der Waals surface area contributed by atoms with Gasteiger partial charge in [0.1, 0.15) is 11.6 Å². The molecule has 1 aromatic heterocycles. The number of aryl methyl sites for hydroxylation is 1. The minimum Gasteiger partial charge on any atom is -0.495 e. The Morgan fingerprint density at radius 1 is 1.04 bits per heavy atom. The van der Waals surface area contributed by atoms with Crippen LogP contribution in [-0.4, -0.2) is 17.1 Å². The van der Waals surface area contributed by atoms with Crippen LogP contribution in [0.4, 0.5) is 23.1 Å². The maximum atomic E-state index is 5.34. The first-order valence-corrected chi connectivity index (χ1v) is 8.21. The molecule has 0 atom stereocenters. The van der Waals surface area contributed by atoms with Gasteiger partial charge in [0.25, 0.3) is 0 Å². The fourth-order valence-electron chi connectivity index (χ4n) is 2.17. The summed E-state index contributed by atoms with van der Waals surface area (Å²) in [4.78, 5) is 8.75. The normalized spacial score (nSPS) is 10.3. The second-order valence-corrected chi connectivity index (χ2v) is 6.03. The summed E-state index contributed by atoms with van der Waals surface area (Å²) in [5.41, 5.74) is 2.94. The van der Waals surface area contributed by atoms with E-state index in [0.29, 0.717) is 11.8 Å². The van der Waals surface area contributed by atoms with Gasteiger partial charge < -0.3 is 15.4 Å². The van der Waals surface area contributed by atoms with Gasteiger partial charge in [-0.1, -0.05) is 34.1 Å². The van der Waals surface area contributed by atoms with Crippen molar-refractivity contribution in [2.75, 3.05) is 17.7 Å². The molecule has 5 nitrogen and oxygen atoms in total. The zero-order chi connectivity index (χ0) is 16.9. The van der Waals surface area contributed by atoms with Crippen molar-refractivity contribution in [3.8, 4) is 5.75 Å². The van der Waals surface area contributed by atoms with Gasteiger partial charge in [-0.2, -0.15) is 4.98 Å². The molecule has 0 saturated heterocycles. The molecular formula is C18H17BrN4O. The second kappa shape index (κ2) is 7.31. The number of benzene rings is 2. The summed E-state index contributed by atoms with van der Waals surface area (Å²) < 4.78 is 6.38. The van der Waals surface area contributed by atoms with Gasteiger partial charge in [-0.05, 0) is 42.8 Å². The van der Waals surface area contributed by atoms with E-state index < -0.39 is 0 Å². The van der Waals surface area contributed by atoms with E-state index in [1.54, 1.807) is 13.3 Å². The van der Waals surface area contributed by atoms with E-state index >= 15 is 0 Å². The summed E-state index contributed by atoms with van der Waals surface area (Å²) in [5, 5.41) is 6.45. The highest BCUT2D eigenvalue weighted by Gasteiger charge is 2.05. The first-order valence-electron chi connectivity index (χ1n) is 7.42.